The molecule has 0 saturated carbocycles. The summed E-state index contributed by atoms with van der Waals surface area (Å²) in [6, 6.07) is 13.0. The molecule has 24 heavy (non-hydrogen) atoms. The van der Waals surface area contributed by atoms with Gasteiger partial charge in [0.05, 0.1) is 10.0 Å². The molecule has 0 unspecified atom stereocenters. The van der Waals surface area contributed by atoms with Crippen molar-refractivity contribution in [1.82, 2.24) is 5.32 Å². The quantitative estimate of drug-likeness (QED) is 0.689. The van der Waals surface area contributed by atoms with Crippen molar-refractivity contribution in [2.45, 2.75) is 12.8 Å². The second kappa shape index (κ2) is 9.40. The van der Waals surface area contributed by atoms with Gasteiger partial charge in [-0.1, -0.05) is 29.3 Å². The van der Waals surface area contributed by atoms with E-state index in [1.165, 1.54) is 0 Å². The number of carbonyl (C=O) groups excluding carboxylic acids is 1. The summed E-state index contributed by atoms with van der Waals surface area (Å²) in [5, 5.41) is 6.96. The highest BCUT2D eigenvalue weighted by molar-refractivity contribution is 6.42. The fourth-order valence-corrected chi connectivity index (χ4v) is 2.45. The molecule has 2 rings (SSSR count). The van der Waals surface area contributed by atoms with Crippen LogP contribution in [0, 0.1) is 0 Å². The molecular weight excluding hydrogens is 347 g/mol. The monoisotopic (exact) mass is 366 g/mol. The third-order valence-electron chi connectivity index (χ3n) is 3.46. The summed E-state index contributed by atoms with van der Waals surface area (Å²) < 4.78 is 5.44. The number of hydrogen-bond donors (Lipinski definition) is 2. The highest BCUT2D eigenvalue weighted by atomic mass is 35.5. The van der Waals surface area contributed by atoms with Crippen LogP contribution in [0.1, 0.15) is 12.0 Å². The smallest absolute Gasteiger partial charge is 0.257 e. The minimum atomic E-state index is -0.137. The van der Waals surface area contributed by atoms with Gasteiger partial charge < -0.3 is 15.4 Å². The van der Waals surface area contributed by atoms with Crippen LogP contribution in [0.4, 0.5) is 5.69 Å². The predicted octanol–water partition coefficient (Wildman–Crippen LogP) is 4.16. The van der Waals surface area contributed by atoms with Crippen molar-refractivity contribution in [3.05, 3.63) is 58.1 Å². The van der Waals surface area contributed by atoms with Crippen LogP contribution in [0.5, 0.6) is 5.75 Å². The molecule has 2 aromatic carbocycles. The SMILES string of the molecule is CNc1ccc(OCC(=O)NCCCc2ccc(Cl)c(Cl)c2)cc1. The molecule has 0 heterocycles. The molecule has 0 aliphatic rings. The molecule has 0 fully saturated rings. The number of aryl methyl sites for hydroxylation is 1. The van der Waals surface area contributed by atoms with E-state index in [-0.39, 0.29) is 12.5 Å². The zero-order valence-electron chi connectivity index (χ0n) is 13.4. The standard InChI is InChI=1S/C18H20Cl2N2O2/c1-21-14-5-7-15(8-6-14)24-12-18(23)22-10-2-3-13-4-9-16(19)17(20)11-13/h4-9,11,21H,2-3,10,12H2,1H3,(H,22,23). The van der Waals surface area contributed by atoms with Crippen LogP contribution in [0.15, 0.2) is 42.5 Å². The summed E-state index contributed by atoms with van der Waals surface area (Å²) in [6.45, 7) is 0.590. The predicted molar refractivity (Wildman–Crippen MR) is 99.3 cm³/mol. The maximum atomic E-state index is 11.8. The van der Waals surface area contributed by atoms with E-state index in [2.05, 4.69) is 10.6 Å². The van der Waals surface area contributed by atoms with Gasteiger partial charge in [0.25, 0.3) is 5.91 Å². The molecular formula is C18H20Cl2N2O2. The maximum absolute atomic E-state index is 11.8. The molecule has 6 heteroatoms. The van der Waals surface area contributed by atoms with Crippen molar-refractivity contribution in [3.63, 3.8) is 0 Å². The fraction of sp³-hybridized carbons (Fsp3) is 0.278. The first kappa shape index (κ1) is 18.4. The fourth-order valence-electron chi connectivity index (χ4n) is 2.13. The topological polar surface area (TPSA) is 50.4 Å². The van der Waals surface area contributed by atoms with Gasteiger partial charge in [-0.3, -0.25) is 4.79 Å². The number of benzene rings is 2. The third-order valence-corrected chi connectivity index (χ3v) is 4.20. The number of rotatable bonds is 8. The molecule has 0 atom stereocenters. The molecule has 0 saturated heterocycles. The largest absolute Gasteiger partial charge is 0.484 e. The van der Waals surface area contributed by atoms with Crippen LogP contribution >= 0.6 is 23.2 Å². The lowest BCUT2D eigenvalue weighted by Crippen LogP contribution is -2.29. The Morgan fingerprint density at radius 2 is 1.83 bits per heavy atom. The molecule has 0 radical (unpaired) electrons. The Hall–Kier alpha value is -1.91. The summed E-state index contributed by atoms with van der Waals surface area (Å²) in [7, 11) is 1.85. The van der Waals surface area contributed by atoms with E-state index in [4.69, 9.17) is 27.9 Å². The lowest BCUT2D eigenvalue weighted by Gasteiger charge is -2.08. The van der Waals surface area contributed by atoms with Gasteiger partial charge in [-0.15, -0.1) is 0 Å². The Balaban J connectivity index is 1.64. The summed E-state index contributed by atoms with van der Waals surface area (Å²) in [5.74, 6) is 0.529. The number of hydrogen-bond acceptors (Lipinski definition) is 3. The molecule has 0 aromatic heterocycles. The minimum Gasteiger partial charge on any atom is -0.484 e. The molecule has 0 aliphatic carbocycles. The van der Waals surface area contributed by atoms with Gasteiger partial charge in [0.2, 0.25) is 0 Å². The van der Waals surface area contributed by atoms with Gasteiger partial charge in [0, 0.05) is 19.3 Å². The number of anilines is 1. The zero-order valence-corrected chi connectivity index (χ0v) is 15.0. The van der Waals surface area contributed by atoms with Crippen LogP contribution in [0.3, 0.4) is 0 Å². The summed E-state index contributed by atoms with van der Waals surface area (Å²) in [6.07, 6.45) is 1.64. The molecule has 4 nitrogen and oxygen atoms in total. The maximum Gasteiger partial charge on any atom is 0.257 e. The Morgan fingerprint density at radius 3 is 2.50 bits per heavy atom. The lowest BCUT2D eigenvalue weighted by atomic mass is 10.1. The number of nitrogens with one attached hydrogen (secondary N) is 2. The van der Waals surface area contributed by atoms with E-state index in [0.29, 0.717) is 22.3 Å². The van der Waals surface area contributed by atoms with E-state index < -0.39 is 0 Å². The normalized spacial score (nSPS) is 10.3. The first-order valence-corrected chi connectivity index (χ1v) is 8.45. The van der Waals surface area contributed by atoms with E-state index in [1.54, 1.807) is 6.07 Å². The van der Waals surface area contributed by atoms with Crippen LogP contribution < -0.4 is 15.4 Å². The number of carbonyl (C=O) groups is 1. The highest BCUT2D eigenvalue weighted by Crippen LogP contribution is 2.23. The molecule has 0 bridgehead atoms. The average molecular weight is 367 g/mol. The summed E-state index contributed by atoms with van der Waals surface area (Å²) in [5.41, 5.74) is 2.09. The van der Waals surface area contributed by atoms with Gasteiger partial charge in [0.1, 0.15) is 5.75 Å². The van der Waals surface area contributed by atoms with E-state index in [1.807, 2.05) is 43.4 Å². The van der Waals surface area contributed by atoms with Gasteiger partial charge in [-0.2, -0.15) is 0 Å². The van der Waals surface area contributed by atoms with Crippen LogP contribution in [0.25, 0.3) is 0 Å². The second-order valence-corrected chi connectivity index (χ2v) is 6.08. The number of amides is 1. The van der Waals surface area contributed by atoms with Crippen molar-refractivity contribution in [3.8, 4) is 5.75 Å². The Kier molecular flexibility index (Phi) is 7.22. The first-order chi connectivity index (χ1) is 11.6. The van der Waals surface area contributed by atoms with E-state index in [9.17, 15) is 4.79 Å². The number of halogens is 2. The van der Waals surface area contributed by atoms with E-state index in [0.717, 1.165) is 24.1 Å². The summed E-state index contributed by atoms with van der Waals surface area (Å²) >= 11 is 11.9. The molecule has 1 amide bonds. The molecule has 2 aromatic rings. The first-order valence-electron chi connectivity index (χ1n) is 7.69. The molecule has 0 aliphatic heterocycles. The molecule has 128 valence electrons. The molecule has 0 spiro atoms. The van der Waals surface area contributed by atoms with Crippen molar-refractivity contribution in [2.24, 2.45) is 0 Å². The van der Waals surface area contributed by atoms with Gasteiger partial charge >= 0.3 is 0 Å². The van der Waals surface area contributed by atoms with Crippen molar-refractivity contribution < 1.29 is 9.53 Å². The Labute approximate surface area is 152 Å². The van der Waals surface area contributed by atoms with Crippen molar-refractivity contribution in [2.75, 3.05) is 25.5 Å². The van der Waals surface area contributed by atoms with Gasteiger partial charge in [-0.25, -0.2) is 0 Å². The lowest BCUT2D eigenvalue weighted by molar-refractivity contribution is -0.123. The van der Waals surface area contributed by atoms with Crippen LogP contribution in [0.2, 0.25) is 10.0 Å². The average Bonchev–Trinajstić information content (AvgIpc) is 2.60. The minimum absolute atomic E-state index is 0.00563. The van der Waals surface area contributed by atoms with Crippen LogP contribution in [-0.4, -0.2) is 26.1 Å². The van der Waals surface area contributed by atoms with E-state index >= 15 is 0 Å². The highest BCUT2D eigenvalue weighted by Gasteiger charge is 2.03. The zero-order chi connectivity index (χ0) is 17.4. The molecule has 2 N–H and O–H groups in total. The van der Waals surface area contributed by atoms with Crippen LogP contribution in [-0.2, 0) is 11.2 Å². The summed E-state index contributed by atoms with van der Waals surface area (Å²) in [4.78, 5) is 11.8. The van der Waals surface area contributed by atoms with Gasteiger partial charge in [-0.05, 0) is 54.8 Å². The Bertz CT molecular complexity index is 675. The second-order valence-electron chi connectivity index (χ2n) is 5.27. The van der Waals surface area contributed by atoms with Crippen molar-refractivity contribution >= 4 is 34.8 Å². The number of ether oxygens (including phenoxy) is 1. The Morgan fingerprint density at radius 1 is 1.08 bits per heavy atom. The third kappa shape index (κ3) is 5.95. The van der Waals surface area contributed by atoms with Gasteiger partial charge in [0.15, 0.2) is 6.61 Å². The van der Waals surface area contributed by atoms with Crippen molar-refractivity contribution in [1.29, 1.82) is 0 Å².